The minimum atomic E-state index is -0.362. The highest BCUT2D eigenvalue weighted by Gasteiger charge is 2.17. The number of benzene rings is 1. The summed E-state index contributed by atoms with van der Waals surface area (Å²) in [5.41, 5.74) is 0.813. The first-order chi connectivity index (χ1) is 10.5. The number of hydrogen-bond acceptors (Lipinski definition) is 2. The Morgan fingerprint density at radius 3 is 2.82 bits per heavy atom. The summed E-state index contributed by atoms with van der Waals surface area (Å²) >= 11 is 9.02. The van der Waals surface area contributed by atoms with Gasteiger partial charge in [0.15, 0.2) is 0 Å². The summed E-state index contributed by atoms with van der Waals surface area (Å²) in [6, 6.07) is 7.76. The summed E-state index contributed by atoms with van der Waals surface area (Å²) in [4.78, 5) is 17.9. The zero-order valence-corrected chi connectivity index (χ0v) is 13.9. The molecular weight excluding hydrogens is 371 g/mol. The van der Waals surface area contributed by atoms with Crippen LogP contribution in [0.4, 0.5) is 4.39 Å². The van der Waals surface area contributed by atoms with Gasteiger partial charge in [0.1, 0.15) is 11.0 Å². The average molecular weight is 384 g/mol. The van der Waals surface area contributed by atoms with Gasteiger partial charge in [-0.25, -0.2) is 9.37 Å². The smallest absolute Gasteiger partial charge is 0.256 e. The van der Waals surface area contributed by atoms with Gasteiger partial charge in [-0.15, -0.1) is 6.58 Å². The molecule has 1 heterocycles. The Bertz CT molecular complexity index is 691. The molecule has 2 rings (SSSR count). The normalized spacial score (nSPS) is 10.3. The van der Waals surface area contributed by atoms with Crippen LogP contribution in [-0.2, 0) is 6.54 Å². The van der Waals surface area contributed by atoms with Crippen LogP contribution in [0.2, 0.25) is 5.15 Å². The number of pyridine rings is 1. The van der Waals surface area contributed by atoms with E-state index in [-0.39, 0.29) is 18.3 Å². The summed E-state index contributed by atoms with van der Waals surface area (Å²) in [5.74, 6) is -0.622. The lowest BCUT2D eigenvalue weighted by molar-refractivity contribution is 0.0761. The van der Waals surface area contributed by atoms with Crippen molar-refractivity contribution in [3.8, 4) is 0 Å². The molecule has 0 N–H and O–H groups in total. The molecule has 0 unspecified atom stereocenters. The third-order valence-corrected chi connectivity index (χ3v) is 3.70. The fourth-order valence-electron chi connectivity index (χ4n) is 1.93. The van der Waals surface area contributed by atoms with Gasteiger partial charge in [0.25, 0.3) is 5.91 Å². The first kappa shape index (κ1) is 16.6. The summed E-state index contributed by atoms with van der Waals surface area (Å²) < 4.78 is 14.6. The van der Waals surface area contributed by atoms with Gasteiger partial charge >= 0.3 is 0 Å². The zero-order valence-electron chi connectivity index (χ0n) is 11.6. The third-order valence-electron chi connectivity index (χ3n) is 2.98. The van der Waals surface area contributed by atoms with E-state index in [2.05, 4.69) is 27.5 Å². The Balaban J connectivity index is 2.25. The molecule has 114 valence electrons. The maximum Gasteiger partial charge on any atom is 0.256 e. The first-order valence-electron chi connectivity index (χ1n) is 6.47. The lowest BCUT2D eigenvalue weighted by Gasteiger charge is -2.21. The molecule has 0 aliphatic rings. The molecule has 1 aromatic heterocycles. The van der Waals surface area contributed by atoms with Gasteiger partial charge in [-0.2, -0.15) is 0 Å². The molecule has 0 saturated heterocycles. The van der Waals surface area contributed by atoms with E-state index in [1.54, 1.807) is 30.3 Å². The topological polar surface area (TPSA) is 33.2 Å². The second-order valence-corrected chi connectivity index (χ2v) is 5.88. The van der Waals surface area contributed by atoms with Gasteiger partial charge in [0, 0.05) is 29.3 Å². The van der Waals surface area contributed by atoms with E-state index in [1.807, 2.05) is 0 Å². The van der Waals surface area contributed by atoms with E-state index in [4.69, 9.17) is 11.6 Å². The highest BCUT2D eigenvalue weighted by molar-refractivity contribution is 9.10. The number of amides is 1. The predicted molar refractivity (Wildman–Crippen MR) is 88.3 cm³/mol. The van der Waals surface area contributed by atoms with Crippen molar-refractivity contribution in [3.05, 3.63) is 75.8 Å². The van der Waals surface area contributed by atoms with Gasteiger partial charge in [-0.1, -0.05) is 33.6 Å². The first-order valence-corrected chi connectivity index (χ1v) is 7.64. The minimum Gasteiger partial charge on any atom is -0.330 e. The van der Waals surface area contributed by atoms with Crippen LogP contribution in [0.3, 0.4) is 0 Å². The number of carbonyl (C=O) groups is 1. The van der Waals surface area contributed by atoms with Crippen LogP contribution in [0.5, 0.6) is 0 Å². The van der Waals surface area contributed by atoms with Crippen LogP contribution in [0.15, 0.2) is 53.7 Å². The number of nitrogens with zero attached hydrogens (tertiary/aromatic N) is 2. The number of carbonyl (C=O) groups excluding carboxylic acids is 1. The van der Waals surface area contributed by atoms with Gasteiger partial charge in [0.05, 0.1) is 5.56 Å². The van der Waals surface area contributed by atoms with Crippen molar-refractivity contribution in [3.63, 3.8) is 0 Å². The van der Waals surface area contributed by atoms with E-state index in [1.165, 1.54) is 17.2 Å². The molecule has 0 spiro atoms. The largest absolute Gasteiger partial charge is 0.330 e. The van der Waals surface area contributed by atoms with Crippen LogP contribution < -0.4 is 0 Å². The lowest BCUT2D eigenvalue weighted by atomic mass is 10.1. The number of halogens is 3. The van der Waals surface area contributed by atoms with Gasteiger partial charge in [-0.3, -0.25) is 4.79 Å². The van der Waals surface area contributed by atoms with E-state index in [0.717, 1.165) is 4.47 Å². The van der Waals surface area contributed by atoms with Crippen LogP contribution in [0, 0.1) is 5.82 Å². The summed E-state index contributed by atoms with van der Waals surface area (Å²) in [7, 11) is 0. The monoisotopic (exact) mass is 382 g/mol. The maximum atomic E-state index is 13.9. The highest BCUT2D eigenvalue weighted by Crippen LogP contribution is 2.18. The van der Waals surface area contributed by atoms with E-state index in [9.17, 15) is 9.18 Å². The second-order valence-electron chi connectivity index (χ2n) is 4.58. The van der Waals surface area contributed by atoms with Crippen LogP contribution in [0.1, 0.15) is 15.9 Å². The predicted octanol–water partition coefficient (Wildman–Crippen LogP) is 4.47. The third kappa shape index (κ3) is 4.15. The Morgan fingerprint density at radius 2 is 2.18 bits per heavy atom. The molecule has 2 aromatic rings. The molecule has 6 heteroatoms. The van der Waals surface area contributed by atoms with E-state index >= 15 is 0 Å². The van der Waals surface area contributed by atoms with Crippen molar-refractivity contribution in [1.29, 1.82) is 0 Å². The maximum absolute atomic E-state index is 13.9. The van der Waals surface area contributed by atoms with Crippen LogP contribution >= 0.6 is 27.5 Å². The fraction of sp³-hybridized carbons (Fsp3) is 0.125. The Kier molecular flexibility index (Phi) is 5.69. The van der Waals surface area contributed by atoms with Crippen LogP contribution in [0.25, 0.3) is 0 Å². The average Bonchev–Trinajstić information content (AvgIpc) is 2.50. The van der Waals surface area contributed by atoms with Crippen molar-refractivity contribution in [2.45, 2.75) is 6.54 Å². The number of hydrogen-bond donors (Lipinski definition) is 0. The molecule has 0 atom stereocenters. The summed E-state index contributed by atoms with van der Waals surface area (Å²) in [6.45, 7) is 4.08. The molecule has 3 nitrogen and oxygen atoms in total. The highest BCUT2D eigenvalue weighted by atomic mass is 79.9. The van der Waals surface area contributed by atoms with Crippen molar-refractivity contribution >= 4 is 33.4 Å². The van der Waals surface area contributed by atoms with Crippen LogP contribution in [-0.4, -0.2) is 22.3 Å². The minimum absolute atomic E-state index is 0.138. The standard InChI is InChI=1S/C16H13BrClFN2O/c1-2-7-21(10-12-8-13(17)4-5-14(12)19)16(22)11-3-6-15(18)20-9-11/h2-6,8-9H,1,7,10H2. The molecule has 0 radical (unpaired) electrons. The second kappa shape index (κ2) is 7.51. The lowest BCUT2D eigenvalue weighted by Crippen LogP contribution is -2.31. The van der Waals surface area contributed by atoms with Crippen molar-refractivity contribution in [1.82, 2.24) is 9.88 Å². The number of aromatic nitrogens is 1. The molecule has 1 amide bonds. The summed E-state index contributed by atoms with van der Waals surface area (Å²) in [5, 5.41) is 0.310. The van der Waals surface area contributed by atoms with Crippen molar-refractivity contribution in [2.24, 2.45) is 0 Å². The molecule has 1 aromatic carbocycles. The van der Waals surface area contributed by atoms with Crippen molar-refractivity contribution < 1.29 is 9.18 Å². The molecule has 0 aliphatic carbocycles. The summed E-state index contributed by atoms with van der Waals surface area (Å²) in [6.07, 6.45) is 3.00. The Hall–Kier alpha value is -1.72. The Morgan fingerprint density at radius 1 is 1.41 bits per heavy atom. The quantitative estimate of drug-likeness (QED) is 0.564. The van der Waals surface area contributed by atoms with Gasteiger partial charge in [-0.05, 0) is 30.3 Å². The van der Waals surface area contributed by atoms with Crippen molar-refractivity contribution in [2.75, 3.05) is 6.54 Å². The fourth-order valence-corrected chi connectivity index (χ4v) is 2.45. The van der Waals surface area contributed by atoms with Gasteiger partial charge < -0.3 is 4.90 Å². The molecular formula is C16H13BrClFN2O. The van der Waals surface area contributed by atoms with E-state index in [0.29, 0.717) is 22.8 Å². The zero-order chi connectivity index (χ0) is 16.1. The molecule has 0 fully saturated rings. The van der Waals surface area contributed by atoms with Gasteiger partial charge in [0.2, 0.25) is 0 Å². The molecule has 0 aliphatic heterocycles. The Labute approximate surface area is 141 Å². The molecule has 22 heavy (non-hydrogen) atoms. The SMILES string of the molecule is C=CCN(Cc1cc(Br)ccc1F)C(=O)c1ccc(Cl)nc1. The number of rotatable bonds is 5. The molecule has 0 bridgehead atoms. The van der Waals surface area contributed by atoms with E-state index < -0.39 is 0 Å². The molecule has 0 saturated carbocycles.